The molecule has 0 N–H and O–H groups in total. The number of likely N-dealkylation sites (N-methyl/N-ethyl adjacent to an activating group) is 1. The molecule has 0 aliphatic carbocycles. The molecule has 0 spiro atoms. The van der Waals surface area contributed by atoms with Gasteiger partial charge in [0.15, 0.2) is 0 Å². The molecule has 7 nitrogen and oxygen atoms in total. The largest absolute Gasteiger partial charge is 0.460 e. The van der Waals surface area contributed by atoms with Gasteiger partial charge in [-0.25, -0.2) is 4.79 Å². The standard InChI is InChI=1S/C20H21N5O2/c1-5-25(12-13-27-20(26)15(2)3)18-9-6-16(7-10-18)23-24-17-8-11-19(21-4)22-14-17/h6-11,14H,2,5,12-13H2,1,3H3. The summed E-state index contributed by atoms with van der Waals surface area (Å²) in [6.07, 6.45) is 1.51. The van der Waals surface area contributed by atoms with Gasteiger partial charge in [0.05, 0.1) is 12.2 Å². The average molecular weight is 363 g/mol. The summed E-state index contributed by atoms with van der Waals surface area (Å²) in [5.41, 5.74) is 2.69. The number of aromatic nitrogens is 1. The molecule has 0 atom stereocenters. The van der Waals surface area contributed by atoms with Gasteiger partial charge in [-0.05, 0) is 50.2 Å². The van der Waals surface area contributed by atoms with Crippen LogP contribution < -0.4 is 4.90 Å². The highest BCUT2D eigenvalue weighted by Gasteiger charge is 2.07. The number of anilines is 1. The molecule has 0 saturated heterocycles. The summed E-state index contributed by atoms with van der Waals surface area (Å²) in [7, 11) is 0. The van der Waals surface area contributed by atoms with Gasteiger partial charge in [-0.15, -0.1) is 10.1 Å². The number of hydrogen-bond acceptors (Lipinski definition) is 6. The number of hydrogen-bond donors (Lipinski definition) is 0. The number of esters is 1. The molecule has 0 radical (unpaired) electrons. The van der Waals surface area contributed by atoms with Gasteiger partial charge in [0, 0.05) is 17.8 Å². The van der Waals surface area contributed by atoms with Crippen LogP contribution in [0.15, 0.2) is 65.0 Å². The Morgan fingerprint density at radius 2 is 1.89 bits per heavy atom. The minimum absolute atomic E-state index is 0.300. The third-order valence-electron chi connectivity index (χ3n) is 3.67. The lowest BCUT2D eigenvalue weighted by molar-refractivity contribution is -0.138. The van der Waals surface area contributed by atoms with Crippen molar-refractivity contribution in [3.8, 4) is 0 Å². The Hall–Kier alpha value is -3.53. The highest BCUT2D eigenvalue weighted by Crippen LogP contribution is 2.22. The molecule has 1 heterocycles. The van der Waals surface area contributed by atoms with Crippen molar-refractivity contribution >= 4 is 28.8 Å². The van der Waals surface area contributed by atoms with E-state index in [0.717, 1.165) is 12.2 Å². The molecule has 2 aromatic rings. The van der Waals surface area contributed by atoms with Crippen LogP contribution in [0.3, 0.4) is 0 Å². The van der Waals surface area contributed by atoms with Crippen molar-refractivity contribution < 1.29 is 9.53 Å². The molecule has 0 aliphatic rings. The van der Waals surface area contributed by atoms with E-state index >= 15 is 0 Å². The van der Waals surface area contributed by atoms with Crippen LogP contribution in [-0.4, -0.2) is 30.6 Å². The number of azo groups is 1. The van der Waals surface area contributed by atoms with Gasteiger partial charge in [0.25, 0.3) is 5.82 Å². The van der Waals surface area contributed by atoms with E-state index in [9.17, 15) is 4.79 Å². The summed E-state index contributed by atoms with van der Waals surface area (Å²) >= 11 is 0. The van der Waals surface area contributed by atoms with Crippen LogP contribution in [-0.2, 0) is 9.53 Å². The Morgan fingerprint density at radius 1 is 1.22 bits per heavy atom. The van der Waals surface area contributed by atoms with Crippen molar-refractivity contribution in [3.63, 3.8) is 0 Å². The third-order valence-corrected chi connectivity index (χ3v) is 3.67. The van der Waals surface area contributed by atoms with Crippen LogP contribution in [0.1, 0.15) is 13.8 Å². The van der Waals surface area contributed by atoms with E-state index in [4.69, 9.17) is 11.3 Å². The number of nitrogens with zero attached hydrogens (tertiary/aromatic N) is 5. The Balaban J connectivity index is 1.95. The number of ether oxygens (including phenoxy) is 1. The Morgan fingerprint density at radius 3 is 2.44 bits per heavy atom. The van der Waals surface area contributed by atoms with Gasteiger partial charge >= 0.3 is 5.97 Å². The van der Waals surface area contributed by atoms with E-state index in [2.05, 4.69) is 31.5 Å². The van der Waals surface area contributed by atoms with Crippen molar-refractivity contribution in [1.29, 1.82) is 0 Å². The van der Waals surface area contributed by atoms with Gasteiger partial charge in [0.2, 0.25) is 0 Å². The molecular weight excluding hydrogens is 342 g/mol. The first-order valence-corrected chi connectivity index (χ1v) is 8.46. The van der Waals surface area contributed by atoms with E-state index in [1.54, 1.807) is 19.1 Å². The SMILES string of the molecule is [C-]#[N+]c1ccc(N=Nc2ccc(N(CC)CCOC(=O)C(=C)C)cc2)cn1. The van der Waals surface area contributed by atoms with Crippen molar-refractivity contribution in [2.24, 2.45) is 10.2 Å². The molecule has 2 rings (SSSR count). The van der Waals surface area contributed by atoms with Crippen molar-refractivity contribution in [2.75, 3.05) is 24.6 Å². The summed E-state index contributed by atoms with van der Waals surface area (Å²) in [6.45, 7) is 15.8. The van der Waals surface area contributed by atoms with Crippen LogP contribution in [0.25, 0.3) is 4.85 Å². The van der Waals surface area contributed by atoms with Crippen molar-refractivity contribution in [1.82, 2.24) is 4.98 Å². The van der Waals surface area contributed by atoms with Crippen LogP contribution in [0.4, 0.5) is 22.9 Å². The predicted molar refractivity (Wildman–Crippen MR) is 105 cm³/mol. The van der Waals surface area contributed by atoms with Gasteiger partial charge in [-0.1, -0.05) is 13.2 Å². The maximum atomic E-state index is 11.4. The molecule has 0 bridgehead atoms. The van der Waals surface area contributed by atoms with Crippen LogP contribution in [0.2, 0.25) is 0 Å². The quantitative estimate of drug-likeness (QED) is 0.287. The third kappa shape index (κ3) is 6.04. The second kappa shape index (κ2) is 9.82. The summed E-state index contributed by atoms with van der Waals surface area (Å²) < 4.78 is 5.15. The summed E-state index contributed by atoms with van der Waals surface area (Å²) in [6, 6.07) is 10.9. The van der Waals surface area contributed by atoms with Crippen molar-refractivity contribution in [2.45, 2.75) is 13.8 Å². The number of rotatable bonds is 8. The zero-order valence-electron chi connectivity index (χ0n) is 15.4. The van der Waals surface area contributed by atoms with Gasteiger partial charge in [0.1, 0.15) is 18.5 Å². The zero-order chi connectivity index (χ0) is 19.6. The molecular formula is C20H21N5O2. The van der Waals surface area contributed by atoms with Crippen LogP contribution in [0, 0.1) is 6.57 Å². The Labute approximate surface area is 158 Å². The second-order valence-electron chi connectivity index (χ2n) is 5.70. The minimum atomic E-state index is -0.374. The topological polar surface area (TPSA) is 71.5 Å². The monoisotopic (exact) mass is 363 g/mol. The van der Waals surface area contributed by atoms with E-state index in [1.807, 2.05) is 31.2 Å². The molecule has 1 aromatic carbocycles. The molecule has 0 unspecified atom stereocenters. The smallest absolute Gasteiger partial charge is 0.333 e. The first-order chi connectivity index (χ1) is 13.0. The Bertz CT molecular complexity index is 851. The fourth-order valence-electron chi connectivity index (χ4n) is 2.19. The number of carbonyl (C=O) groups excluding carboxylic acids is 1. The Kier molecular flexibility index (Phi) is 7.20. The summed E-state index contributed by atoms with van der Waals surface area (Å²) in [5.74, 6) is -0.0485. The highest BCUT2D eigenvalue weighted by molar-refractivity contribution is 5.86. The van der Waals surface area contributed by atoms with Gasteiger partial charge < -0.3 is 14.5 Å². The molecule has 0 amide bonds. The maximum absolute atomic E-state index is 11.4. The highest BCUT2D eigenvalue weighted by atomic mass is 16.5. The molecule has 7 heteroatoms. The lowest BCUT2D eigenvalue weighted by atomic mass is 10.2. The van der Waals surface area contributed by atoms with Crippen molar-refractivity contribution in [3.05, 3.63) is 66.2 Å². The first-order valence-electron chi connectivity index (χ1n) is 8.46. The van der Waals surface area contributed by atoms with E-state index in [1.165, 1.54) is 6.20 Å². The number of carbonyl (C=O) groups is 1. The first kappa shape index (κ1) is 19.8. The van der Waals surface area contributed by atoms with Crippen LogP contribution in [0.5, 0.6) is 0 Å². The summed E-state index contributed by atoms with van der Waals surface area (Å²) in [5, 5.41) is 8.29. The number of benzene rings is 1. The number of pyridine rings is 1. The van der Waals surface area contributed by atoms with E-state index in [0.29, 0.717) is 35.9 Å². The molecule has 0 saturated carbocycles. The molecule has 138 valence electrons. The second-order valence-corrected chi connectivity index (χ2v) is 5.70. The molecule has 0 fully saturated rings. The normalized spacial score (nSPS) is 10.4. The molecule has 0 aliphatic heterocycles. The van der Waals surface area contributed by atoms with Gasteiger partial charge in [-0.3, -0.25) is 0 Å². The van der Waals surface area contributed by atoms with Gasteiger partial charge in [-0.2, -0.15) is 5.11 Å². The lowest BCUT2D eigenvalue weighted by Gasteiger charge is -2.22. The maximum Gasteiger partial charge on any atom is 0.333 e. The van der Waals surface area contributed by atoms with E-state index in [-0.39, 0.29) is 5.97 Å². The zero-order valence-corrected chi connectivity index (χ0v) is 15.4. The average Bonchev–Trinajstić information content (AvgIpc) is 2.70. The summed E-state index contributed by atoms with van der Waals surface area (Å²) in [4.78, 5) is 20.7. The lowest BCUT2D eigenvalue weighted by Crippen LogP contribution is -2.28. The van der Waals surface area contributed by atoms with Crippen LogP contribution >= 0.6 is 0 Å². The molecule has 27 heavy (non-hydrogen) atoms. The fraction of sp³-hybridized carbons (Fsp3) is 0.250. The molecule has 1 aromatic heterocycles. The minimum Gasteiger partial charge on any atom is -0.460 e. The predicted octanol–water partition coefficient (Wildman–Crippen LogP) is 4.99. The van der Waals surface area contributed by atoms with E-state index < -0.39 is 0 Å². The fourth-order valence-corrected chi connectivity index (χ4v) is 2.19.